The molecule has 0 radical (unpaired) electrons. The van der Waals surface area contributed by atoms with Gasteiger partial charge in [0.2, 0.25) is 0 Å². The number of hydrogen-bond donors (Lipinski definition) is 0. The molecule has 4 rings (SSSR count). The fourth-order valence-electron chi connectivity index (χ4n) is 5.34. The maximum Gasteiger partial charge on any atom is 0.135 e. The molecule has 138 valence electrons. The Kier molecular flexibility index (Phi) is 4.96. The molecule has 1 aliphatic carbocycles. The SMILES string of the molecule is CCc1cnc(C)nc1N1CCC(N2C[C@H]3CC[C@@H](C2)C3OC)CC1. The van der Waals surface area contributed by atoms with Gasteiger partial charge in [-0.25, -0.2) is 9.97 Å². The van der Waals surface area contributed by atoms with E-state index in [1.807, 2.05) is 20.2 Å². The van der Waals surface area contributed by atoms with E-state index in [0.717, 1.165) is 43.2 Å². The third-order valence-corrected chi connectivity index (χ3v) is 6.67. The lowest BCUT2D eigenvalue weighted by Gasteiger charge is -2.44. The number of rotatable bonds is 4. The van der Waals surface area contributed by atoms with Crippen molar-refractivity contribution < 1.29 is 4.74 Å². The number of piperidine rings is 2. The van der Waals surface area contributed by atoms with Crippen LogP contribution < -0.4 is 4.90 Å². The molecule has 1 unspecified atom stereocenters. The zero-order chi connectivity index (χ0) is 17.4. The van der Waals surface area contributed by atoms with Gasteiger partial charge in [0.25, 0.3) is 0 Å². The summed E-state index contributed by atoms with van der Waals surface area (Å²) in [6.07, 6.45) is 8.76. The van der Waals surface area contributed by atoms with Crippen LogP contribution in [0.5, 0.6) is 0 Å². The lowest BCUT2D eigenvalue weighted by molar-refractivity contribution is -0.0306. The fourth-order valence-corrected chi connectivity index (χ4v) is 5.34. The van der Waals surface area contributed by atoms with E-state index in [9.17, 15) is 0 Å². The summed E-state index contributed by atoms with van der Waals surface area (Å²) >= 11 is 0. The van der Waals surface area contributed by atoms with Crippen molar-refractivity contribution in [2.45, 2.75) is 58.1 Å². The lowest BCUT2D eigenvalue weighted by Crippen LogP contribution is -2.53. The Morgan fingerprint density at radius 3 is 2.40 bits per heavy atom. The Morgan fingerprint density at radius 2 is 1.80 bits per heavy atom. The number of methoxy groups -OCH3 is 1. The van der Waals surface area contributed by atoms with Crippen LogP contribution in [0.4, 0.5) is 5.82 Å². The average molecular weight is 345 g/mol. The molecule has 25 heavy (non-hydrogen) atoms. The van der Waals surface area contributed by atoms with Crippen molar-refractivity contribution in [1.29, 1.82) is 0 Å². The molecule has 0 N–H and O–H groups in total. The van der Waals surface area contributed by atoms with E-state index >= 15 is 0 Å². The number of fused-ring (bicyclic) bond motifs is 2. The number of nitrogens with zero attached hydrogens (tertiary/aromatic N) is 4. The van der Waals surface area contributed by atoms with E-state index in [4.69, 9.17) is 9.72 Å². The van der Waals surface area contributed by atoms with Crippen LogP contribution in [0.3, 0.4) is 0 Å². The Bertz CT molecular complexity index is 585. The second kappa shape index (κ2) is 7.20. The summed E-state index contributed by atoms with van der Waals surface area (Å²) in [6.45, 7) is 8.91. The van der Waals surface area contributed by atoms with Crippen LogP contribution in [0.15, 0.2) is 6.20 Å². The van der Waals surface area contributed by atoms with Crippen molar-refractivity contribution in [2.75, 3.05) is 38.2 Å². The molecule has 3 fully saturated rings. The minimum atomic E-state index is 0.521. The molecule has 1 saturated carbocycles. The van der Waals surface area contributed by atoms with Crippen LogP contribution in [0, 0.1) is 18.8 Å². The third kappa shape index (κ3) is 3.28. The quantitative estimate of drug-likeness (QED) is 0.840. The summed E-state index contributed by atoms with van der Waals surface area (Å²) in [7, 11) is 1.90. The Labute approximate surface area is 151 Å². The van der Waals surface area contributed by atoms with Crippen molar-refractivity contribution in [3.8, 4) is 0 Å². The molecule has 5 nitrogen and oxygen atoms in total. The predicted molar refractivity (Wildman–Crippen MR) is 100.0 cm³/mol. The first kappa shape index (κ1) is 17.2. The molecule has 3 atom stereocenters. The zero-order valence-electron chi connectivity index (χ0n) is 15.9. The van der Waals surface area contributed by atoms with Crippen LogP contribution in [-0.2, 0) is 11.2 Å². The summed E-state index contributed by atoms with van der Waals surface area (Å²) in [6, 6.07) is 0.741. The Hall–Kier alpha value is -1.20. The lowest BCUT2D eigenvalue weighted by atomic mass is 9.91. The van der Waals surface area contributed by atoms with Crippen molar-refractivity contribution in [1.82, 2.24) is 14.9 Å². The van der Waals surface area contributed by atoms with Gasteiger partial charge in [-0.3, -0.25) is 4.90 Å². The van der Waals surface area contributed by atoms with E-state index in [-0.39, 0.29) is 0 Å². The second-order valence-electron chi connectivity index (χ2n) is 8.09. The summed E-state index contributed by atoms with van der Waals surface area (Å²) < 4.78 is 5.78. The largest absolute Gasteiger partial charge is 0.381 e. The molecule has 3 aliphatic rings. The molecule has 0 spiro atoms. The molecule has 2 saturated heterocycles. The normalized spacial score (nSPS) is 30.8. The summed E-state index contributed by atoms with van der Waals surface area (Å²) in [4.78, 5) is 14.4. The van der Waals surface area contributed by atoms with E-state index < -0.39 is 0 Å². The fraction of sp³-hybridized carbons (Fsp3) is 0.800. The number of likely N-dealkylation sites (tertiary alicyclic amines) is 1. The standard InChI is InChI=1S/C20H32N4O/c1-4-15-11-21-14(2)22-20(15)23-9-7-18(8-10-23)24-12-16-5-6-17(13-24)19(16)25-3/h11,16-19H,4-10,12-13H2,1-3H3/t16-,17+,19?. The number of anilines is 1. The van der Waals surface area contributed by atoms with Gasteiger partial charge in [-0.15, -0.1) is 0 Å². The van der Waals surface area contributed by atoms with Gasteiger partial charge in [0.05, 0.1) is 6.10 Å². The minimum Gasteiger partial charge on any atom is -0.381 e. The van der Waals surface area contributed by atoms with Gasteiger partial charge in [0.1, 0.15) is 11.6 Å². The molecule has 5 heteroatoms. The summed E-state index contributed by atoms with van der Waals surface area (Å²) in [5.41, 5.74) is 1.28. The van der Waals surface area contributed by atoms with Gasteiger partial charge < -0.3 is 9.64 Å². The van der Waals surface area contributed by atoms with E-state index in [1.54, 1.807) is 0 Å². The monoisotopic (exact) mass is 344 g/mol. The minimum absolute atomic E-state index is 0.521. The van der Waals surface area contributed by atoms with Crippen LogP contribution in [-0.4, -0.2) is 60.3 Å². The highest BCUT2D eigenvalue weighted by molar-refractivity contribution is 5.46. The Balaban J connectivity index is 1.39. The van der Waals surface area contributed by atoms with Gasteiger partial charge in [0.15, 0.2) is 0 Å². The van der Waals surface area contributed by atoms with Gasteiger partial charge in [-0.05, 0) is 50.9 Å². The first-order valence-electron chi connectivity index (χ1n) is 10.0. The average Bonchev–Trinajstić information content (AvgIpc) is 2.89. The van der Waals surface area contributed by atoms with Gasteiger partial charge in [-0.1, -0.05) is 6.92 Å². The summed E-state index contributed by atoms with van der Waals surface area (Å²) in [5, 5.41) is 0. The molecule has 3 heterocycles. The maximum atomic E-state index is 5.78. The molecule has 2 aliphatic heterocycles. The Morgan fingerprint density at radius 1 is 1.12 bits per heavy atom. The topological polar surface area (TPSA) is 41.5 Å². The number of hydrogen-bond acceptors (Lipinski definition) is 5. The molecule has 1 aromatic rings. The van der Waals surface area contributed by atoms with Crippen LogP contribution in [0.1, 0.15) is 44.0 Å². The molecule has 0 amide bonds. The number of aromatic nitrogens is 2. The second-order valence-corrected chi connectivity index (χ2v) is 8.09. The van der Waals surface area contributed by atoms with E-state index in [1.165, 1.54) is 50.2 Å². The molecular weight excluding hydrogens is 312 g/mol. The first-order chi connectivity index (χ1) is 12.2. The highest BCUT2D eigenvalue weighted by Gasteiger charge is 2.44. The predicted octanol–water partition coefficient (Wildman–Crippen LogP) is 2.67. The van der Waals surface area contributed by atoms with Crippen molar-refractivity contribution in [3.05, 3.63) is 17.6 Å². The van der Waals surface area contributed by atoms with Crippen LogP contribution in [0.2, 0.25) is 0 Å². The van der Waals surface area contributed by atoms with Crippen molar-refractivity contribution in [2.24, 2.45) is 11.8 Å². The smallest absolute Gasteiger partial charge is 0.135 e. The third-order valence-electron chi connectivity index (χ3n) is 6.67. The van der Waals surface area contributed by atoms with E-state index in [0.29, 0.717) is 6.10 Å². The highest BCUT2D eigenvalue weighted by atomic mass is 16.5. The molecular formula is C20H32N4O. The van der Waals surface area contributed by atoms with Gasteiger partial charge >= 0.3 is 0 Å². The van der Waals surface area contributed by atoms with Gasteiger partial charge in [0, 0.05) is 51.1 Å². The molecule has 1 aromatic heterocycles. The van der Waals surface area contributed by atoms with Gasteiger partial charge in [-0.2, -0.15) is 0 Å². The maximum absolute atomic E-state index is 5.78. The van der Waals surface area contributed by atoms with Crippen molar-refractivity contribution in [3.63, 3.8) is 0 Å². The summed E-state index contributed by atoms with van der Waals surface area (Å²) in [5.74, 6) is 3.58. The zero-order valence-corrected chi connectivity index (χ0v) is 15.9. The number of ether oxygens (including phenoxy) is 1. The number of aryl methyl sites for hydroxylation is 2. The van der Waals surface area contributed by atoms with Crippen molar-refractivity contribution >= 4 is 5.82 Å². The van der Waals surface area contributed by atoms with E-state index in [2.05, 4.69) is 21.7 Å². The first-order valence-corrected chi connectivity index (χ1v) is 10.0. The highest BCUT2D eigenvalue weighted by Crippen LogP contribution is 2.40. The van der Waals surface area contributed by atoms with Crippen LogP contribution >= 0.6 is 0 Å². The molecule has 2 bridgehead atoms. The molecule has 0 aromatic carbocycles. The van der Waals surface area contributed by atoms with Crippen LogP contribution in [0.25, 0.3) is 0 Å².